The summed E-state index contributed by atoms with van der Waals surface area (Å²) in [5.74, 6) is 0.951. The molecular weight excluding hydrogens is 277 g/mol. The first kappa shape index (κ1) is 9.27. The van der Waals surface area contributed by atoms with Crippen molar-refractivity contribution in [3.05, 3.63) is 26.8 Å². The van der Waals surface area contributed by atoms with Gasteiger partial charge < -0.3 is 10.5 Å². The molecule has 1 aliphatic carbocycles. The normalized spacial score (nSPS) is 20.1. The fourth-order valence-electron chi connectivity index (χ4n) is 1.90. The van der Waals surface area contributed by atoms with Crippen LogP contribution in [0.2, 0.25) is 0 Å². The van der Waals surface area contributed by atoms with Crippen molar-refractivity contribution in [2.75, 3.05) is 7.11 Å². The molecular formula is C10H12INO. The lowest BCUT2D eigenvalue weighted by Gasteiger charge is -2.11. The molecule has 2 N–H and O–H groups in total. The molecule has 0 aromatic heterocycles. The molecule has 1 atom stereocenters. The maximum Gasteiger partial charge on any atom is 0.124 e. The molecule has 1 unspecified atom stereocenters. The number of fused-ring (bicyclic) bond motifs is 1. The average molecular weight is 289 g/mol. The Morgan fingerprint density at radius 3 is 3.00 bits per heavy atom. The minimum atomic E-state index is 0.168. The zero-order valence-corrected chi connectivity index (χ0v) is 9.67. The smallest absolute Gasteiger partial charge is 0.124 e. The summed E-state index contributed by atoms with van der Waals surface area (Å²) >= 11 is 2.31. The van der Waals surface area contributed by atoms with E-state index in [9.17, 15) is 0 Å². The lowest BCUT2D eigenvalue weighted by atomic mass is 10.1. The number of halogens is 1. The highest BCUT2D eigenvalue weighted by Crippen LogP contribution is 2.37. The van der Waals surface area contributed by atoms with Crippen LogP contribution in [0.1, 0.15) is 23.6 Å². The van der Waals surface area contributed by atoms with Crippen LogP contribution in [-0.4, -0.2) is 7.11 Å². The Bertz CT molecular complexity index is 338. The van der Waals surface area contributed by atoms with Gasteiger partial charge in [-0.1, -0.05) is 0 Å². The third-order valence-corrected chi connectivity index (χ3v) is 3.13. The van der Waals surface area contributed by atoms with Crippen molar-refractivity contribution in [1.82, 2.24) is 0 Å². The number of hydrogen-bond donors (Lipinski definition) is 1. The average Bonchev–Trinajstić information content (AvgIpc) is 2.46. The number of hydrogen-bond acceptors (Lipinski definition) is 2. The van der Waals surface area contributed by atoms with Gasteiger partial charge in [-0.25, -0.2) is 0 Å². The Labute approximate surface area is 91.6 Å². The van der Waals surface area contributed by atoms with Crippen LogP contribution in [0.25, 0.3) is 0 Å². The Morgan fingerprint density at radius 2 is 2.31 bits per heavy atom. The fourth-order valence-corrected chi connectivity index (χ4v) is 2.56. The van der Waals surface area contributed by atoms with Gasteiger partial charge in [0, 0.05) is 15.2 Å². The van der Waals surface area contributed by atoms with Gasteiger partial charge in [0.2, 0.25) is 0 Å². The highest BCUT2D eigenvalue weighted by molar-refractivity contribution is 14.1. The molecule has 0 spiro atoms. The fraction of sp³-hybridized carbons (Fsp3) is 0.400. The van der Waals surface area contributed by atoms with E-state index in [4.69, 9.17) is 10.5 Å². The monoisotopic (exact) mass is 289 g/mol. The van der Waals surface area contributed by atoms with Crippen molar-refractivity contribution in [1.29, 1.82) is 0 Å². The predicted octanol–water partition coefficient (Wildman–Crippen LogP) is 2.25. The van der Waals surface area contributed by atoms with E-state index in [1.807, 2.05) is 6.07 Å². The molecule has 13 heavy (non-hydrogen) atoms. The molecule has 3 heteroatoms. The molecule has 2 rings (SSSR count). The number of rotatable bonds is 1. The van der Waals surface area contributed by atoms with Crippen LogP contribution >= 0.6 is 22.6 Å². The SMILES string of the molecule is COc1cc(I)cc2c1C(N)CC2. The van der Waals surface area contributed by atoms with Crippen molar-refractivity contribution in [3.63, 3.8) is 0 Å². The molecule has 1 aromatic rings. The van der Waals surface area contributed by atoms with Gasteiger partial charge in [-0.05, 0) is 53.1 Å². The second kappa shape index (κ2) is 3.46. The first-order valence-electron chi connectivity index (χ1n) is 4.34. The Balaban J connectivity index is 2.57. The number of nitrogens with two attached hydrogens (primary N) is 1. The minimum Gasteiger partial charge on any atom is -0.496 e. The van der Waals surface area contributed by atoms with Crippen LogP contribution in [0.15, 0.2) is 12.1 Å². The molecule has 0 amide bonds. The van der Waals surface area contributed by atoms with Crippen LogP contribution in [0.5, 0.6) is 5.75 Å². The highest BCUT2D eigenvalue weighted by Gasteiger charge is 2.23. The van der Waals surface area contributed by atoms with Gasteiger partial charge in [-0.3, -0.25) is 0 Å². The quantitative estimate of drug-likeness (QED) is 0.805. The van der Waals surface area contributed by atoms with Crippen LogP contribution in [-0.2, 0) is 6.42 Å². The third-order valence-electron chi connectivity index (χ3n) is 2.51. The van der Waals surface area contributed by atoms with Gasteiger partial charge in [0.1, 0.15) is 5.75 Å². The molecule has 0 saturated heterocycles. The van der Waals surface area contributed by atoms with Crippen molar-refractivity contribution in [2.24, 2.45) is 5.73 Å². The van der Waals surface area contributed by atoms with Crippen molar-refractivity contribution in [2.45, 2.75) is 18.9 Å². The van der Waals surface area contributed by atoms with Gasteiger partial charge in [-0.2, -0.15) is 0 Å². The molecule has 2 nitrogen and oxygen atoms in total. The lowest BCUT2D eigenvalue weighted by molar-refractivity contribution is 0.406. The van der Waals surface area contributed by atoms with E-state index in [-0.39, 0.29) is 6.04 Å². The molecule has 0 fully saturated rings. The van der Waals surface area contributed by atoms with E-state index >= 15 is 0 Å². The van der Waals surface area contributed by atoms with E-state index in [0.29, 0.717) is 0 Å². The van der Waals surface area contributed by atoms with Gasteiger partial charge in [0.05, 0.1) is 7.11 Å². The second-order valence-electron chi connectivity index (χ2n) is 3.33. The van der Waals surface area contributed by atoms with Crippen LogP contribution in [0, 0.1) is 3.57 Å². The Hall–Kier alpha value is -0.290. The van der Waals surface area contributed by atoms with Crippen molar-refractivity contribution in [3.8, 4) is 5.75 Å². The topological polar surface area (TPSA) is 35.2 Å². The highest BCUT2D eigenvalue weighted by atomic mass is 127. The zero-order chi connectivity index (χ0) is 9.42. The van der Waals surface area contributed by atoms with Gasteiger partial charge >= 0.3 is 0 Å². The first-order chi connectivity index (χ1) is 6.22. The molecule has 0 heterocycles. The molecule has 1 aliphatic rings. The van der Waals surface area contributed by atoms with E-state index in [2.05, 4.69) is 28.7 Å². The summed E-state index contributed by atoms with van der Waals surface area (Å²) in [6, 6.07) is 4.41. The van der Waals surface area contributed by atoms with Gasteiger partial charge in [0.15, 0.2) is 0 Å². The Kier molecular flexibility index (Phi) is 2.47. The Morgan fingerprint density at radius 1 is 1.54 bits per heavy atom. The second-order valence-corrected chi connectivity index (χ2v) is 4.57. The maximum absolute atomic E-state index is 5.99. The summed E-state index contributed by atoms with van der Waals surface area (Å²) in [5, 5.41) is 0. The molecule has 0 radical (unpaired) electrons. The van der Waals surface area contributed by atoms with Crippen molar-refractivity contribution >= 4 is 22.6 Å². The maximum atomic E-state index is 5.99. The third kappa shape index (κ3) is 1.55. The van der Waals surface area contributed by atoms with Crippen LogP contribution in [0.3, 0.4) is 0 Å². The standard InChI is InChI=1S/C10H12INO/c1-13-9-5-7(11)4-6-2-3-8(12)10(6)9/h4-5,8H,2-3,12H2,1H3. The molecule has 70 valence electrons. The lowest BCUT2D eigenvalue weighted by Crippen LogP contribution is -2.07. The van der Waals surface area contributed by atoms with Crippen LogP contribution in [0.4, 0.5) is 0 Å². The van der Waals surface area contributed by atoms with E-state index in [1.54, 1.807) is 7.11 Å². The largest absolute Gasteiger partial charge is 0.496 e. The number of benzene rings is 1. The summed E-state index contributed by atoms with van der Waals surface area (Å²) < 4.78 is 6.55. The van der Waals surface area contributed by atoms with Gasteiger partial charge in [0.25, 0.3) is 0 Å². The van der Waals surface area contributed by atoms with Crippen molar-refractivity contribution < 1.29 is 4.74 Å². The van der Waals surface area contributed by atoms with Crippen LogP contribution < -0.4 is 10.5 Å². The minimum absolute atomic E-state index is 0.168. The summed E-state index contributed by atoms with van der Waals surface area (Å²) in [6.07, 6.45) is 2.13. The number of aryl methyl sites for hydroxylation is 1. The molecule has 1 aromatic carbocycles. The zero-order valence-electron chi connectivity index (χ0n) is 7.51. The summed E-state index contributed by atoms with van der Waals surface area (Å²) in [4.78, 5) is 0. The molecule has 0 bridgehead atoms. The van der Waals surface area contributed by atoms with E-state index in [1.165, 1.54) is 14.7 Å². The molecule has 0 saturated carbocycles. The van der Waals surface area contributed by atoms with E-state index < -0.39 is 0 Å². The first-order valence-corrected chi connectivity index (χ1v) is 5.42. The summed E-state index contributed by atoms with van der Waals surface area (Å²) in [5.41, 5.74) is 8.56. The molecule has 0 aliphatic heterocycles. The van der Waals surface area contributed by atoms with E-state index in [0.717, 1.165) is 18.6 Å². The summed E-state index contributed by atoms with van der Waals surface area (Å²) in [7, 11) is 1.71. The summed E-state index contributed by atoms with van der Waals surface area (Å²) in [6.45, 7) is 0. The van der Waals surface area contributed by atoms with Gasteiger partial charge in [-0.15, -0.1) is 0 Å². The predicted molar refractivity (Wildman–Crippen MR) is 61.0 cm³/mol. The number of ether oxygens (including phenoxy) is 1. The number of methoxy groups -OCH3 is 1.